The normalized spacial score (nSPS) is 14.1. The molecule has 0 aliphatic rings. The minimum Gasteiger partial charge on any atom is -0.463 e. The molecular weight excluding hydrogens is 198 g/mol. The number of hydrogen-bond donors (Lipinski definition) is 2. The van der Waals surface area contributed by atoms with Crippen LogP contribution in [0.4, 0.5) is 0 Å². The number of hydrogen-bond acceptors (Lipinski definition) is 4. The molecule has 5 nitrogen and oxygen atoms in total. The van der Waals surface area contributed by atoms with Gasteiger partial charge in [0.1, 0.15) is 0 Å². The Labute approximate surface area is 89.8 Å². The fraction of sp³-hybridized carbons (Fsp3) is 0.800. The average molecular weight is 217 g/mol. The summed E-state index contributed by atoms with van der Waals surface area (Å²) >= 11 is 0. The zero-order valence-corrected chi connectivity index (χ0v) is 9.45. The first-order valence-corrected chi connectivity index (χ1v) is 5.07. The Hall–Kier alpha value is -1.10. The zero-order chi connectivity index (χ0) is 11.8. The van der Waals surface area contributed by atoms with Crippen LogP contribution in [0.1, 0.15) is 33.6 Å². The van der Waals surface area contributed by atoms with Gasteiger partial charge in [-0.3, -0.25) is 9.59 Å². The van der Waals surface area contributed by atoms with E-state index >= 15 is 0 Å². The molecule has 0 aromatic rings. The topological polar surface area (TPSA) is 75.6 Å². The third-order valence-corrected chi connectivity index (χ3v) is 1.95. The lowest BCUT2D eigenvalue weighted by molar-refractivity contribution is -0.149. The molecule has 0 aromatic carbocycles. The van der Waals surface area contributed by atoms with Crippen molar-refractivity contribution < 1.29 is 19.4 Å². The maximum absolute atomic E-state index is 11.3. The molecule has 0 spiro atoms. The molecule has 0 radical (unpaired) electrons. The lowest BCUT2D eigenvalue weighted by Crippen LogP contribution is -2.38. The third-order valence-electron chi connectivity index (χ3n) is 1.95. The summed E-state index contributed by atoms with van der Waals surface area (Å²) in [4.78, 5) is 22.0. The van der Waals surface area contributed by atoms with Gasteiger partial charge in [0, 0.05) is 6.92 Å². The number of ether oxygens (including phenoxy) is 1. The summed E-state index contributed by atoms with van der Waals surface area (Å²) in [5.74, 6) is -0.678. The number of nitrogens with one attached hydrogen (secondary N) is 1. The molecule has 1 amide bonds. The minimum atomic E-state index is -0.556. The summed E-state index contributed by atoms with van der Waals surface area (Å²) in [6.07, 6.45) is 0.616. The van der Waals surface area contributed by atoms with Crippen LogP contribution in [0.5, 0.6) is 0 Å². The average Bonchev–Trinajstić information content (AvgIpc) is 2.15. The molecule has 5 heteroatoms. The predicted octanol–water partition coefficient (Wildman–Crippen LogP) is 0.215. The second kappa shape index (κ2) is 7.23. The number of carbonyl (C=O) groups is 2. The van der Waals surface area contributed by atoms with Gasteiger partial charge in [-0.05, 0) is 13.3 Å². The number of aliphatic hydroxyl groups is 1. The van der Waals surface area contributed by atoms with Crippen LogP contribution in [0.25, 0.3) is 0 Å². The fourth-order valence-corrected chi connectivity index (χ4v) is 1.01. The smallest absolute Gasteiger partial charge is 0.308 e. The molecule has 15 heavy (non-hydrogen) atoms. The van der Waals surface area contributed by atoms with Crippen molar-refractivity contribution in [2.75, 3.05) is 6.61 Å². The molecule has 0 rings (SSSR count). The summed E-state index contributed by atoms with van der Waals surface area (Å²) in [5, 5.41) is 11.4. The van der Waals surface area contributed by atoms with Crippen LogP contribution in [0, 0.1) is 0 Å². The predicted molar refractivity (Wildman–Crippen MR) is 55.2 cm³/mol. The quantitative estimate of drug-likeness (QED) is 0.624. The monoisotopic (exact) mass is 217 g/mol. The molecule has 0 aromatic heterocycles. The summed E-state index contributed by atoms with van der Waals surface area (Å²) in [6, 6.07) is -0.556. The number of carbonyl (C=O) groups excluding carboxylic acids is 2. The standard InChI is InChI=1S/C10H19NO4/c1-4-7(2)15-10(14)5-9(6-12)11-8(3)13/h7,9,12H,4-6H2,1-3H3,(H,11,13). The molecule has 88 valence electrons. The molecule has 2 atom stereocenters. The van der Waals surface area contributed by atoms with Crippen LogP contribution in [-0.4, -0.2) is 35.7 Å². The Morgan fingerprint density at radius 1 is 1.47 bits per heavy atom. The fourth-order valence-electron chi connectivity index (χ4n) is 1.01. The van der Waals surface area contributed by atoms with E-state index in [1.807, 2.05) is 6.92 Å². The van der Waals surface area contributed by atoms with E-state index in [4.69, 9.17) is 9.84 Å². The van der Waals surface area contributed by atoms with E-state index in [0.717, 1.165) is 6.42 Å². The van der Waals surface area contributed by atoms with Crippen LogP contribution in [0.15, 0.2) is 0 Å². The van der Waals surface area contributed by atoms with E-state index in [1.54, 1.807) is 6.92 Å². The van der Waals surface area contributed by atoms with Gasteiger partial charge >= 0.3 is 5.97 Å². The van der Waals surface area contributed by atoms with Crippen molar-refractivity contribution in [1.82, 2.24) is 5.32 Å². The number of aliphatic hydroxyl groups excluding tert-OH is 1. The van der Waals surface area contributed by atoms with Crippen molar-refractivity contribution in [3.05, 3.63) is 0 Å². The zero-order valence-electron chi connectivity index (χ0n) is 9.45. The van der Waals surface area contributed by atoms with Gasteiger partial charge in [-0.15, -0.1) is 0 Å². The van der Waals surface area contributed by atoms with Gasteiger partial charge in [-0.2, -0.15) is 0 Å². The molecule has 0 aliphatic carbocycles. The highest BCUT2D eigenvalue weighted by Crippen LogP contribution is 2.01. The third kappa shape index (κ3) is 6.90. The summed E-state index contributed by atoms with van der Waals surface area (Å²) in [5.41, 5.74) is 0. The largest absolute Gasteiger partial charge is 0.463 e. The van der Waals surface area contributed by atoms with Crippen LogP contribution < -0.4 is 5.32 Å². The highest BCUT2D eigenvalue weighted by Gasteiger charge is 2.16. The van der Waals surface area contributed by atoms with E-state index in [-0.39, 0.29) is 25.0 Å². The van der Waals surface area contributed by atoms with E-state index in [0.29, 0.717) is 0 Å². The first kappa shape index (κ1) is 13.9. The Morgan fingerprint density at radius 3 is 2.47 bits per heavy atom. The molecule has 0 saturated heterocycles. The maximum Gasteiger partial charge on any atom is 0.308 e. The minimum absolute atomic E-state index is 0.000417. The summed E-state index contributed by atoms with van der Waals surface area (Å²) in [6.45, 7) is 4.78. The van der Waals surface area contributed by atoms with Crippen LogP contribution in [0.3, 0.4) is 0 Å². The first-order valence-electron chi connectivity index (χ1n) is 5.07. The molecule has 0 aliphatic heterocycles. The van der Waals surface area contributed by atoms with Crippen molar-refractivity contribution in [3.63, 3.8) is 0 Å². The Balaban J connectivity index is 3.95. The van der Waals surface area contributed by atoms with Crippen molar-refractivity contribution in [2.24, 2.45) is 0 Å². The lowest BCUT2D eigenvalue weighted by atomic mass is 10.2. The van der Waals surface area contributed by atoms with Gasteiger partial charge in [-0.1, -0.05) is 6.92 Å². The molecule has 0 bridgehead atoms. The number of rotatable bonds is 6. The SMILES string of the molecule is CCC(C)OC(=O)CC(CO)NC(C)=O. The Bertz CT molecular complexity index is 217. The van der Waals surface area contributed by atoms with Gasteiger partial charge in [0.05, 0.1) is 25.2 Å². The second-order valence-corrected chi connectivity index (χ2v) is 3.49. The van der Waals surface area contributed by atoms with Crippen molar-refractivity contribution >= 4 is 11.9 Å². The van der Waals surface area contributed by atoms with E-state index < -0.39 is 12.0 Å². The highest BCUT2D eigenvalue weighted by molar-refractivity contribution is 5.75. The van der Waals surface area contributed by atoms with Crippen molar-refractivity contribution in [2.45, 2.75) is 45.8 Å². The lowest BCUT2D eigenvalue weighted by Gasteiger charge is -2.16. The summed E-state index contributed by atoms with van der Waals surface area (Å²) in [7, 11) is 0. The van der Waals surface area contributed by atoms with E-state index in [1.165, 1.54) is 6.92 Å². The van der Waals surface area contributed by atoms with Crippen molar-refractivity contribution in [3.8, 4) is 0 Å². The molecule has 0 fully saturated rings. The van der Waals surface area contributed by atoms with Crippen LogP contribution >= 0.6 is 0 Å². The maximum atomic E-state index is 11.3. The van der Waals surface area contributed by atoms with Gasteiger partial charge < -0.3 is 15.2 Å². The van der Waals surface area contributed by atoms with E-state index in [2.05, 4.69) is 5.32 Å². The molecule has 2 N–H and O–H groups in total. The number of esters is 1. The van der Waals surface area contributed by atoms with Gasteiger partial charge in [0.25, 0.3) is 0 Å². The summed E-state index contributed by atoms with van der Waals surface area (Å²) < 4.78 is 5.01. The van der Waals surface area contributed by atoms with Gasteiger partial charge in [0.15, 0.2) is 0 Å². The molecule has 0 heterocycles. The molecular formula is C10H19NO4. The molecule has 0 saturated carbocycles. The van der Waals surface area contributed by atoms with Crippen molar-refractivity contribution in [1.29, 1.82) is 0 Å². The van der Waals surface area contributed by atoms with E-state index in [9.17, 15) is 9.59 Å². The molecule has 2 unspecified atom stereocenters. The van der Waals surface area contributed by atoms with Gasteiger partial charge in [0.2, 0.25) is 5.91 Å². The van der Waals surface area contributed by atoms with Crippen LogP contribution in [-0.2, 0) is 14.3 Å². The second-order valence-electron chi connectivity index (χ2n) is 3.49. The number of amides is 1. The Morgan fingerprint density at radius 2 is 2.07 bits per heavy atom. The Kier molecular flexibility index (Phi) is 6.70. The van der Waals surface area contributed by atoms with Crippen LogP contribution in [0.2, 0.25) is 0 Å². The highest BCUT2D eigenvalue weighted by atomic mass is 16.5. The van der Waals surface area contributed by atoms with Gasteiger partial charge in [-0.25, -0.2) is 0 Å². The first-order chi connectivity index (χ1) is 6.99.